The van der Waals surface area contributed by atoms with Gasteiger partial charge in [0.25, 0.3) is 5.88 Å². The Kier molecular flexibility index (Phi) is 1.61. The predicted octanol–water partition coefficient (Wildman–Crippen LogP) is 0.431. The Hall–Kier alpha value is -2.57. The molecule has 0 saturated heterocycles. The number of hydrogen-bond acceptors (Lipinski definition) is 5. The smallest absolute Gasteiger partial charge is 0.251 e. The van der Waals surface area contributed by atoms with Crippen LogP contribution in [0.5, 0.6) is 5.88 Å². The summed E-state index contributed by atoms with van der Waals surface area (Å²) in [5.41, 5.74) is 7.98. The van der Waals surface area contributed by atoms with Crippen molar-refractivity contribution in [1.29, 1.82) is 0 Å². The Morgan fingerprint density at radius 2 is 2.25 bits per heavy atom. The van der Waals surface area contributed by atoms with Crippen molar-refractivity contribution in [2.45, 2.75) is 0 Å². The van der Waals surface area contributed by atoms with Crippen molar-refractivity contribution in [3.8, 4) is 11.6 Å². The molecule has 0 fully saturated rings. The van der Waals surface area contributed by atoms with Gasteiger partial charge in [-0.2, -0.15) is 5.10 Å². The van der Waals surface area contributed by atoms with E-state index < -0.39 is 0 Å². The molecule has 2 heterocycles. The molecule has 0 unspecified atom stereocenters. The molecule has 0 atom stereocenters. The highest BCUT2D eigenvalue weighted by Gasteiger charge is 2.06. The molecule has 0 spiro atoms. The van der Waals surface area contributed by atoms with E-state index in [1.165, 1.54) is 10.9 Å². The van der Waals surface area contributed by atoms with Gasteiger partial charge in [0.05, 0.1) is 23.6 Å². The van der Waals surface area contributed by atoms with E-state index in [1.807, 2.05) is 6.07 Å². The molecule has 0 radical (unpaired) electrons. The predicted molar refractivity (Wildman–Crippen MR) is 57.1 cm³/mol. The zero-order chi connectivity index (χ0) is 11.1. The van der Waals surface area contributed by atoms with Gasteiger partial charge in [-0.25, -0.2) is 4.68 Å². The standard InChI is InChI=1S/C9H8N6O/c10-7-1-5(15-4-9(16)13-14-15)2-8-6(7)3-11-12-8/h1-4,16H,10H2,(H,11,12). The highest BCUT2D eigenvalue weighted by Crippen LogP contribution is 2.23. The van der Waals surface area contributed by atoms with Crippen LogP contribution in [-0.4, -0.2) is 30.3 Å². The number of fused-ring (bicyclic) bond motifs is 1. The lowest BCUT2D eigenvalue weighted by Gasteiger charge is -2.02. The number of benzene rings is 1. The summed E-state index contributed by atoms with van der Waals surface area (Å²) in [6, 6.07) is 3.57. The summed E-state index contributed by atoms with van der Waals surface area (Å²) in [4.78, 5) is 0. The third-order valence-corrected chi connectivity index (χ3v) is 2.32. The molecule has 3 aromatic rings. The molecule has 4 N–H and O–H groups in total. The third-order valence-electron chi connectivity index (χ3n) is 2.32. The van der Waals surface area contributed by atoms with Gasteiger partial charge in [0.15, 0.2) is 0 Å². The molecule has 3 rings (SSSR count). The second-order valence-electron chi connectivity index (χ2n) is 3.39. The average molecular weight is 216 g/mol. The molecule has 16 heavy (non-hydrogen) atoms. The van der Waals surface area contributed by atoms with E-state index in [0.717, 1.165) is 10.9 Å². The Morgan fingerprint density at radius 3 is 3.00 bits per heavy atom. The first-order valence-electron chi connectivity index (χ1n) is 4.58. The molecule has 0 aliphatic carbocycles. The monoisotopic (exact) mass is 216 g/mol. The molecule has 80 valence electrons. The molecule has 2 aromatic heterocycles. The number of anilines is 1. The molecule has 1 aromatic carbocycles. The summed E-state index contributed by atoms with van der Waals surface area (Å²) < 4.78 is 1.44. The zero-order valence-electron chi connectivity index (χ0n) is 8.12. The highest BCUT2D eigenvalue weighted by atomic mass is 16.3. The molecule has 0 aliphatic heterocycles. The van der Waals surface area contributed by atoms with E-state index in [4.69, 9.17) is 10.8 Å². The summed E-state index contributed by atoms with van der Waals surface area (Å²) >= 11 is 0. The van der Waals surface area contributed by atoms with Crippen LogP contribution in [0.25, 0.3) is 16.6 Å². The fraction of sp³-hybridized carbons (Fsp3) is 0. The molecule has 0 bridgehead atoms. The van der Waals surface area contributed by atoms with Crippen molar-refractivity contribution in [2.75, 3.05) is 5.73 Å². The molecule has 0 amide bonds. The molecule has 7 heteroatoms. The number of nitrogen functional groups attached to an aromatic ring is 1. The van der Waals surface area contributed by atoms with Gasteiger partial charge in [0.1, 0.15) is 0 Å². The van der Waals surface area contributed by atoms with Crippen LogP contribution >= 0.6 is 0 Å². The number of H-pyrrole nitrogens is 1. The second-order valence-corrected chi connectivity index (χ2v) is 3.39. The van der Waals surface area contributed by atoms with Crippen LogP contribution in [0.15, 0.2) is 24.5 Å². The van der Waals surface area contributed by atoms with Crippen molar-refractivity contribution in [3.05, 3.63) is 24.5 Å². The first kappa shape index (κ1) is 8.72. The van der Waals surface area contributed by atoms with Gasteiger partial charge in [-0.05, 0) is 12.1 Å². The summed E-state index contributed by atoms with van der Waals surface area (Å²) in [6.07, 6.45) is 3.06. The van der Waals surface area contributed by atoms with E-state index in [9.17, 15) is 0 Å². The normalized spacial score (nSPS) is 11.0. The van der Waals surface area contributed by atoms with Crippen LogP contribution in [-0.2, 0) is 0 Å². The number of nitrogens with zero attached hydrogens (tertiary/aromatic N) is 4. The second kappa shape index (κ2) is 2.96. The first-order valence-corrected chi connectivity index (χ1v) is 4.58. The molecule has 0 aliphatic rings. The van der Waals surface area contributed by atoms with Gasteiger partial charge in [-0.3, -0.25) is 5.10 Å². The van der Waals surface area contributed by atoms with Crippen LogP contribution in [0.4, 0.5) is 5.69 Å². The van der Waals surface area contributed by atoms with Crippen molar-refractivity contribution >= 4 is 16.6 Å². The minimum Gasteiger partial charge on any atom is -0.491 e. The quantitative estimate of drug-likeness (QED) is 0.511. The topological polar surface area (TPSA) is 106 Å². The van der Waals surface area contributed by atoms with Gasteiger partial charge in [0, 0.05) is 11.1 Å². The lowest BCUT2D eigenvalue weighted by Crippen LogP contribution is -1.97. The van der Waals surface area contributed by atoms with Crippen LogP contribution in [0.1, 0.15) is 0 Å². The molecular formula is C9H8N6O. The van der Waals surface area contributed by atoms with Crippen molar-refractivity contribution < 1.29 is 5.11 Å². The van der Waals surface area contributed by atoms with E-state index in [2.05, 4.69) is 20.5 Å². The fourth-order valence-corrected chi connectivity index (χ4v) is 1.58. The molecule has 7 nitrogen and oxygen atoms in total. The maximum atomic E-state index is 9.11. The summed E-state index contributed by atoms with van der Waals surface area (Å²) in [6.45, 7) is 0. The highest BCUT2D eigenvalue weighted by molar-refractivity contribution is 5.91. The fourth-order valence-electron chi connectivity index (χ4n) is 1.58. The van der Waals surface area contributed by atoms with E-state index in [0.29, 0.717) is 11.4 Å². The lowest BCUT2D eigenvalue weighted by atomic mass is 10.2. The van der Waals surface area contributed by atoms with Crippen molar-refractivity contribution in [3.63, 3.8) is 0 Å². The lowest BCUT2D eigenvalue weighted by molar-refractivity contribution is 0.452. The molecule has 0 saturated carbocycles. The maximum Gasteiger partial charge on any atom is 0.251 e. The number of aromatic amines is 1. The van der Waals surface area contributed by atoms with E-state index >= 15 is 0 Å². The van der Waals surface area contributed by atoms with Crippen molar-refractivity contribution in [1.82, 2.24) is 25.2 Å². The summed E-state index contributed by atoms with van der Waals surface area (Å²) in [7, 11) is 0. The number of aromatic hydroxyl groups is 1. The largest absolute Gasteiger partial charge is 0.491 e. The van der Waals surface area contributed by atoms with Gasteiger partial charge in [-0.1, -0.05) is 10.3 Å². The Morgan fingerprint density at radius 1 is 1.38 bits per heavy atom. The van der Waals surface area contributed by atoms with Crippen molar-refractivity contribution in [2.24, 2.45) is 0 Å². The molecular weight excluding hydrogens is 208 g/mol. The van der Waals surface area contributed by atoms with Crippen LogP contribution in [0.3, 0.4) is 0 Å². The zero-order valence-corrected chi connectivity index (χ0v) is 8.12. The van der Waals surface area contributed by atoms with Crippen LogP contribution in [0, 0.1) is 0 Å². The maximum absolute atomic E-state index is 9.11. The minimum atomic E-state index is -0.136. The number of hydrogen-bond donors (Lipinski definition) is 3. The third kappa shape index (κ3) is 1.18. The van der Waals surface area contributed by atoms with Crippen LogP contribution < -0.4 is 5.73 Å². The Balaban J connectivity index is 2.24. The number of nitrogens with two attached hydrogens (primary N) is 1. The van der Waals surface area contributed by atoms with Gasteiger partial charge in [0.2, 0.25) is 0 Å². The van der Waals surface area contributed by atoms with Crippen LogP contribution in [0.2, 0.25) is 0 Å². The van der Waals surface area contributed by atoms with Gasteiger partial charge < -0.3 is 10.8 Å². The van der Waals surface area contributed by atoms with Gasteiger partial charge >= 0.3 is 0 Å². The number of aromatic nitrogens is 5. The average Bonchev–Trinajstić information content (AvgIpc) is 2.85. The Labute approximate surface area is 89.5 Å². The summed E-state index contributed by atoms with van der Waals surface area (Å²) in [5.74, 6) is -0.136. The van der Waals surface area contributed by atoms with E-state index in [-0.39, 0.29) is 5.88 Å². The summed E-state index contributed by atoms with van der Waals surface area (Å²) in [5, 5.41) is 23.9. The SMILES string of the molecule is Nc1cc(-n2cc(O)nn2)cc2[nH]ncc12. The van der Waals surface area contributed by atoms with E-state index in [1.54, 1.807) is 12.3 Å². The first-order chi connectivity index (χ1) is 7.74. The van der Waals surface area contributed by atoms with Gasteiger partial charge in [-0.15, -0.1) is 0 Å². The number of rotatable bonds is 1. The minimum absolute atomic E-state index is 0.136. The Bertz CT molecular complexity index is 655. The number of nitrogens with one attached hydrogen (secondary N) is 1.